The van der Waals surface area contributed by atoms with E-state index in [0.29, 0.717) is 24.3 Å². The van der Waals surface area contributed by atoms with Crippen molar-refractivity contribution >= 4 is 29.1 Å². The van der Waals surface area contributed by atoms with Gasteiger partial charge in [-0.25, -0.2) is 0 Å². The zero-order chi connectivity index (χ0) is 14.0. The van der Waals surface area contributed by atoms with Gasteiger partial charge in [0.05, 0.1) is 16.3 Å². The molecule has 102 valence electrons. The second-order valence-corrected chi connectivity index (χ2v) is 5.02. The number of hydrogen-bond donors (Lipinski definition) is 2. The molecule has 1 heterocycles. The Labute approximate surface area is 116 Å². The molecule has 1 aliphatic rings. The summed E-state index contributed by atoms with van der Waals surface area (Å²) in [6, 6.07) is 5.03. The van der Waals surface area contributed by atoms with Gasteiger partial charge in [-0.2, -0.15) is 0 Å². The third-order valence-electron chi connectivity index (χ3n) is 3.14. The summed E-state index contributed by atoms with van der Waals surface area (Å²) in [7, 11) is 0. The largest absolute Gasteiger partial charge is 0.398 e. The highest BCUT2D eigenvalue weighted by molar-refractivity contribution is 6.36. The van der Waals surface area contributed by atoms with Crippen molar-refractivity contribution in [3.05, 3.63) is 28.8 Å². The molecule has 19 heavy (non-hydrogen) atoms. The lowest BCUT2D eigenvalue weighted by atomic mass is 10.2. The summed E-state index contributed by atoms with van der Waals surface area (Å²) >= 11 is 6.04. The van der Waals surface area contributed by atoms with E-state index in [-0.39, 0.29) is 22.9 Å². The molecule has 2 amide bonds. The second-order valence-electron chi connectivity index (χ2n) is 4.65. The number of rotatable bonds is 2. The van der Waals surface area contributed by atoms with Gasteiger partial charge in [0.25, 0.3) is 5.91 Å². The monoisotopic (exact) mass is 281 g/mol. The normalized spacial score (nSPS) is 18.4. The Balaban J connectivity index is 2.09. The highest BCUT2D eigenvalue weighted by Gasteiger charge is 2.28. The number of benzene rings is 1. The molecule has 6 heteroatoms. The molecule has 0 aliphatic carbocycles. The van der Waals surface area contributed by atoms with E-state index < -0.39 is 0 Å². The molecular formula is C13H16ClN3O2. The lowest BCUT2D eigenvalue weighted by molar-refractivity contribution is -0.119. The number of nitrogen functional groups attached to an aromatic ring is 1. The average molecular weight is 282 g/mol. The number of carbonyl (C=O) groups is 2. The second kappa shape index (κ2) is 5.48. The maximum absolute atomic E-state index is 12.3. The summed E-state index contributed by atoms with van der Waals surface area (Å²) in [6.45, 7) is 2.58. The van der Waals surface area contributed by atoms with Gasteiger partial charge in [-0.15, -0.1) is 0 Å². The van der Waals surface area contributed by atoms with Gasteiger partial charge >= 0.3 is 0 Å². The topological polar surface area (TPSA) is 75.4 Å². The molecule has 1 saturated heterocycles. The van der Waals surface area contributed by atoms with E-state index in [4.69, 9.17) is 17.3 Å². The van der Waals surface area contributed by atoms with Crippen molar-refractivity contribution in [3.63, 3.8) is 0 Å². The Morgan fingerprint density at radius 2 is 2.21 bits per heavy atom. The minimum absolute atomic E-state index is 0.0151. The fraction of sp³-hybridized carbons (Fsp3) is 0.385. The van der Waals surface area contributed by atoms with Crippen LogP contribution in [0.4, 0.5) is 5.69 Å². The van der Waals surface area contributed by atoms with Crippen LogP contribution in [0.5, 0.6) is 0 Å². The van der Waals surface area contributed by atoms with Crippen molar-refractivity contribution in [2.45, 2.75) is 19.4 Å². The van der Waals surface area contributed by atoms with Gasteiger partial charge in [-0.3, -0.25) is 9.59 Å². The van der Waals surface area contributed by atoms with Crippen molar-refractivity contribution in [3.8, 4) is 0 Å². The average Bonchev–Trinajstić information content (AvgIpc) is 2.79. The van der Waals surface area contributed by atoms with Crippen molar-refractivity contribution in [2.75, 3.05) is 18.8 Å². The zero-order valence-electron chi connectivity index (χ0n) is 10.6. The van der Waals surface area contributed by atoms with E-state index in [9.17, 15) is 9.59 Å². The summed E-state index contributed by atoms with van der Waals surface area (Å²) in [6.07, 6.45) is 0.755. The van der Waals surface area contributed by atoms with Crippen LogP contribution in [0.1, 0.15) is 23.7 Å². The van der Waals surface area contributed by atoms with Crippen LogP contribution in [0.15, 0.2) is 18.2 Å². The van der Waals surface area contributed by atoms with Crippen molar-refractivity contribution < 1.29 is 9.59 Å². The Hall–Kier alpha value is -1.75. The third kappa shape index (κ3) is 2.98. The van der Waals surface area contributed by atoms with Gasteiger partial charge in [-0.1, -0.05) is 17.7 Å². The molecule has 3 N–H and O–H groups in total. The first kappa shape index (κ1) is 13.7. The highest BCUT2D eigenvalue weighted by atomic mass is 35.5. The predicted molar refractivity (Wildman–Crippen MR) is 74.0 cm³/mol. The quantitative estimate of drug-likeness (QED) is 0.802. The summed E-state index contributed by atoms with van der Waals surface area (Å²) in [5.74, 6) is -0.230. The van der Waals surface area contributed by atoms with Gasteiger partial charge < -0.3 is 16.0 Å². The van der Waals surface area contributed by atoms with Crippen LogP contribution in [-0.2, 0) is 4.79 Å². The summed E-state index contributed by atoms with van der Waals surface area (Å²) in [5.41, 5.74) is 6.49. The fourth-order valence-electron chi connectivity index (χ4n) is 2.24. The highest BCUT2D eigenvalue weighted by Crippen LogP contribution is 2.25. The molecule has 1 unspecified atom stereocenters. The fourth-order valence-corrected chi connectivity index (χ4v) is 2.44. The summed E-state index contributed by atoms with van der Waals surface area (Å²) in [4.78, 5) is 25.0. The molecular weight excluding hydrogens is 266 g/mol. The molecule has 0 bridgehead atoms. The van der Waals surface area contributed by atoms with E-state index >= 15 is 0 Å². The lowest BCUT2D eigenvalue weighted by Gasteiger charge is -2.18. The maximum Gasteiger partial charge on any atom is 0.255 e. The van der Waals surface area contributed by atoms with Crippen LogP contribution in [0.2, 0.25) is 5.02 Å². The van der Waals surface area contributed by atoms with Crippen molar-refractivity contribution in [1.29, 1.82) is 0 Å². The van der Waals surface area contributed by atoms with Crippen LogP contribution in [-0.4, -0.2) is 35.8 Å². The molecule has 1 aromatic carbocycles. The van der Waals surface area contributed by atoms with E-state index in [0.717, 1.165) is 6.42 Å². The molecule has 0 spiro atoms. The Morgan fingerprint density at radius 1 is 1.47 bits per heavy atom. The molecule has 0 aromatic heterocycles. The van der Waals surface area contributed by atoms with Gasteiger partial charge in [0.2, 0.25) is 5.91 Å². The number of nitrogens with zero attached hydrogens (tertiary/aromatic N) is 1. The zero-order valence-corrected chi connectivity index (χ0v) is 11.4. The number of halogens is 1. The van der Waals surface area contributed by atoms with Gasteiger partial charge in [0.15, 0.2) is 0 Å². The van der Waals surface area contributed by atoms with Gasteiger partial charge in [0, 0.05) is 26.1 Å². The van der Waals surface area contributed by atoms with Gasteiger partial charge in [0.1, 0.15) is 0 Å². The van der Waals surface area contributed by atoms with Crippen LogP contribution in [0.3, 0.4) is 0 Å². The Kier molecular flexibility index (Phi) is 3.95. The molecule has 1 fully saturated rings. The molecule has 0 radical (unpaired) electrons. The number of amides is 2. The molecule has 1 aliphatic heterocycles. The number of likely N-dealkylation sites (tertiary alicyclic amines) is 1. The summed E-state index contributed by atoms with van der Waals surface area (Å²) in [5, 5.41) is 3.10. The van der Waals surface area contributed by atoms with E-state index in [2.05, 4.69) is 5.32 Å². The number of hydrogen-bond acceptors (Lipinski definition) is 3. The van der Waals surface area contributed by atoms with Crippen molar-refractivity contribution in [2.24, 2.45) is 0 Å². The van der Waals surface area contributed by atoms with E-state index in [1.807, 2.05) is 0 Å². The first-order valence-electron chi connectivity index (χ1n) is 6.09. The SMILES string of the molecule is CC(=O)NC1CCN(C(=O)c2cccc(N)c2Cl)C1. The minimum Gasteiger partial charge on any atom is -0.398 e. The van der Waals surface area contributed by atoms with Crippen LogP contribution < -0.4 is 11.1 Å². The predicted octanol–water partition coefficient (Wildman–Crippen LogP) is 1.27. The smallest absolute Gasteiger partial charge is 0.255 e. The Bertz CT molecular complexity index is 519. The standard InChI is InChI=1S/C13H16ClN3O2/c1-8(18)16-9-5-6-17(7-9)13(19)10-3-2-4-11(15)12(10)14/h2-4,9H,5-7,15H2,1H3,(H,16,18). The Morgan fingerprint density at radius 3 is 2.89 bits per heavy atom. The van der Waals surface area contributed by atoms with Crippen LogP contribution in [0, 0.1) is 0 Å². The number of carbonyl (C=O) groups excluding carboxylic acids is 2. The number of nitrogens with two attached hydrogens (primary N) is 1. The minimum atomic E-state index is -0.148. The summed E-state index contributed by atoms with van der Waals surface area (Å²) < 4.78 is 0. The molecule has 0 saturated carbocycles. The first-order valence-corrected chi connectivity index (χ1v) is 6.47. The molecule has 1 atom stereocenters. The lowest BCUT2D eigenvalue weighted by Crippen LogP contribution is -2.37. The third-order valence-corrected chi connectivity index (χ3v) is 3.56. The number of anilines is 1. The molecule has 5 nitrogen and oxygen atoms in total. The molecule has 1 aromatic rings. The van der Waals surface area contributed by atoms with Crippen molar-refractivity contribution in [1.82, 2.24) is 10.2 Å². The van der Waals surface area contributed by atoms with Gasteiger partial charge in [-0.05, 0) is 18.6 Å². The van der Waals surface area contributed by atoms with E-state index in [1.54, 1.807) is 23.1 Å². The molecule has 2 rings (SSSR count). The number of nitrogens with one attached hydrogen (secondary N) is 1. The first-order chi connectivity index (χ1) is 8.99. The maximum atomic E-state index is 12.3. The van der Waals surface area contributed by atoms with E-state index in [1.165, 1.54) is 6.92 Å². The van der Waals surface area contributed by atoms with Crippen LogP contribution >= 0.6 is 11.6 Å². The van der Waals surface area contributed by atoms with Crippen LogP contribution in [0.25, 0.3) is 0 Å².